The van der Waals surface area contributed by atoms with Crippen molar-refractivity contribution in [2.24, 2.45) is 0 Å². The minimum Gasteiger partial charge on any atom is -0.308 e. The first-order valence-electron chi connectivity index (χ1n) is 15.7. The van der Waals surface area contributed by atoms with Crippen LogP contribution in [0.3, 0.4) is 0 Å². The zero-order valence-electron chi connectivity index (χ0n) is 26.6. The summed E-state index contributed by atoms with van der Waals surface area (Å²) in [5.74, 6) is 0.807. The summed E-state index contributed by atoms with van der Waals surface area (Å²) in [7, 11) is 0. The average Bonchev–Trinajstić information content (AvgIpc) is 3.53. The summed E-state index contributed by atoms with van der Waals surface area (Å²) in [6.07, 6.45) is 5.92. The Kier molecular flexibility index (Phi) is 7.48. The predicted molar refractivity (Wildman–Crippen MR) is 194 cm³/mol. The highest BCUT2D eigenvalue weighted by molar-refractivity contribution is 6.12. The van der Waals surface area contributed by atoms with Gasteiger partial charge in [0, 0.05) is 46.7 Å². The van der Waals surface area contributed by atoms with E-state index in [1.165, 1.54) is 24.8 Å². The van der Waals surface area contributed by atoms with Gasteiger partial charge < -0.3 is 4.57 Å². The Morgan fingerprint density at radius 1 is 0.529 bits per heavy atom. The van der Waals surface area contributed by atoms with Gasteiger partial charge in [0.1, 0.15) is 12.1 Å². The van der Waals surface area contributed by atoms with E-state index in [4.69, 9.17) is 6.57 Å². The van der Waals surface area contributed by atoms with Gasteiger partial charge in [-0.25, -0.2) is 24.8 Å². The Morgan fingerprint density at radius 3 is 1.69 bits per heavy atom. The van der Waals surface area contributed by atoms with Crippen molar-refractivity contribution in [3.05, 3.63) is 156 Å². The van der Waals surface area contributed by atoms with Crippen LogP contribution in [0.25, 0.3) is 77.4 Å². The van der Waals surface area contributed by atoms with E-state index in [0.29, 0.717) is 45.2 Å². The number of fused-ring (bicyclic) bond motifs is 3. The Balaban J connectivity index is 1.46. The van der Waals surface area contributed by atoms with Crippen molar-refractivity contribution in [2.45, 2.75) is 0 Å². The van der Waals surface area contributed by atoms with Crippen LogP contribution >= 0.6 is 0 Å². The molecule has 51 heavy (non-hydrogen) atoms. The molecule has 0 spiro atoms. The molecule has 0 aliphatic rings. The Bertz CT molecular complexity index is 2730. The molecule has 0 bridgehead atoms. The molecule has 0 aliphatic heterocycles. The topological polar surface area (TPSA) is 132 Å². The van der Waals surface area contributed by atoms with E-state index >= 15 is 0 Å². The van der Waals surface area contributed by atoms with Crippen LogP contribution in [0, 0.1) is 40.6 Å². The highest BCUT2D eigenvalue weighted by atomic mass is 15.0. The molecule has 0 fully saturated rings. The van der Waals surface area contributed by atoms with Crippen molar-refractivity contribution in [3.63, 3.8) is 0 Å². The van der Waals surface area contributed by atoms with Gasteiger partial charge in [-0.1, -0.05) is 66.7 Å². The zero-order valence-corrected chi connectivity index (χ0v) is 26.6. The Morgan fingerprint density at radius 2 is 1.08 bits per heavy atom. The summed E-state index contributed by atoms with van der Waals surface area (Å²) in [4.78, 5) is 21.8. The van der Waals surface area contributed by atoms with Crippen LogP contribution in [-0.4, -0.2) is 24.5 Å². The van der Waals surface area contributed by atoms with Crippen LogP contribution in [0.5, 0.6) is 0 Å². The van der Waals surface area contributed by atoms with E-state index in [9.17, 15) is 15.8 Å². The first-order valence-corrected chi connectivity index (χ1v) is 15.7. The quantitative estimate of drug-likeness (QED) is 0.169. The Labute approximate surface area is 292 Å². The molecule has 9 heteroatoms. The maximum Gasteiger partial charge on any atom is 0.194 e. The third-order valence-corrected chi connectivity index (χ3v) is 8.76. The van der Waals surface area contributed by atoms with Crippen molar-refractivity contribution in [2.75, 3.05) is 0 Å². The van der Waals surface area contributed by atoms with Gasteiger partial charge in [-0.05, 0) is 58.7 Å². The van der Waals surface area contributed by atoms with Crippen LogP contribution in [0.2, 0.25) is 0 Å². The van der Waals surface area contributed by atoms with Crippen LogP contribution in [0.1, 0.15) is 16.7 Å². The number of aromatic nitrogens is 5. The van der Waals surface area contributed by atoms with Crippen molar-refractivity contribution in [1.29, 1.82) is 15.8 Å². The summed E-state index contributed by atoms with van der Waals surface area (Å²) in [5, 5.41) is 30.7. The van der Waals surface area contributed by atoms with Crippen molar-refractivity contribution < 1.29 is 0 Å². The van der Waals surface area contributed by atoms with Crippen molar-refractivity contribution in [1.82, 2.24) is 24.5 Å². The molecule has 0 radical (unpaired) electrons. The SMILES string of the molecule is [C-]#[N+]c1ccccc1-c1ccc2c3ccc(-c4ccccc4C#N)cc3n(-c3ccc(-c4ncc(C#N)cn4)cc3-c3ncc(C#N)cn3)c2c1. The maximum atomic E-state index is 9.93. The molecule has 0 saturated carbocycles. The second kappa shape index (κ2) is 12.6. The Hall–Kier alpha value is -7.98. The van der Waals surface area contributed by atoms with Gasteiger partial charge >= 0.3 is 0 Å². The molecule has 9 nitrogen and oxygen atoms in total. The van der Waals surface area contributed by atoms with E-state index in [2.05, 4.69) is 71.8 Å². The van der Waals surface area contributed by atoms with Gasteiger partial charge in [-0.15, -0.1) is 0 Å². The molecule has 0 atom stereocenters. The lowest BCUT2D eigenvalue weighted by Gasteiger charge is -2.15. The average molecular weight is 652 g/mol. The minimum absolute atomic E-state index is 0.327. The largest absolute Gasteiger partial charge is 0.308 e. The van der Waals surface area contributed by atoms with Crippen LogP contribution in [0.15, 0.2) is 128 Å². The van der Waals surface area contributed by atoms with E-state index in [1.54, 1.807) is 6.07 Å². The highest BCUT2D eigenvalue weighted by Gasteiger charge is 2.20. The molecule has 8 rings (SSSR count). The van der Waals surface area contributed by atoms with E-state index in [0.717, 1.165) is 49.7 Å². The molecule has 3 heterocycles. The number of rotatable bonds is 5. The summed E-state index contributed by atoms with van der Waals surface area (Å²) >= 11 is 0. The lowest BCUT2D eigenvalue weighted by molar-refractivity contribution is 1.12. The zero-order chi connectivity index (χ0) is 34.9. The molecule has 0 saturated heterocycles. The molecule has 0 unspecified atom stereocenters. The summed E-state index contributed by atoms with van der Waals surface area (Å²) in [5.41, 5.74) is 9.02. The molecule has 0 N–H and O–H groups in total. The summed E-state index contributed by atoms with van der Waals surface area (Å²) in [6, 6.07) is 39.7. The predicted octanol–water partition coefficient (Wildman–Crippen LogP) is 9.20. The fourth-order valence-corrected chi connectivity index (χ4v) is 6.37. The van der Waals surface area contributed by atoms with Crippen molar-refractivity contribution in [3.8, 4) is 68.9 Å². The summed E-state index contributed by atoms with van der Waals surface area (Å²) < 4.78 is 2.15. The van der Waals surface area contributed by atoms with Gasteiger partial charge in [0.25, 0.3) is 0 Å². The number of hydrogen-bond acceptors (Lipinski definition) is 7. The standard InChI is InChI=1S/C42H21N9/c1-46-37-9-5-4-8-33(37)29-11-14-35-34-13-10-28(32-7-3-2-6-31(32)21-45)17-39(34)51(40(35)18-29)38-15-12-30(41-47-22-26(19-43)23-48-41)16-36(38)42-49-24-27(20-44)25-50-42/h2-18,22-25H. The van der Waals surface area contributed by atoms with Crippen LogP contribution in [0.4, 0.5) is 5.69 Å². The molecule has 5 aromatic carbocycles. The normalized spacial score (nSPS) is 10.7. The highest BCUT2D eigenvalue weighted by Crippen LogP contribution is 2.41. The number of nitriles is 3. The number of hydrogen-bond donors (Lipinski definition) is 0. The number of benzene rings is 5. The van der Waals surface area contributed by atoms with Crippen LogP contribution in [-0.2, 0) is 0 Å². The lowest BCUT2D eigenvalue weighted by Crippen LogP contribution is -2.01. The van der Waals surface area contributed by atoms with E-state index in [1.807, 2.05) is 72.8 Å². The molecule has 234 valence electrons. The smallest absolute Gasteiger partial charge is 0.194 e. The summed E-state index contributed by atoms with van der Waals surface area (Å²) in [6.45, 7) is 7.80. The maximum absolute atomic E-state index is 9.93. The van der Waals surface area contributed by atoms with Crippen molar-refractivity contribution >= 4 is 27.5 Å². The second-order valence-corrected chi connectivity index (χ2v) is 11.6. The molecule has 0 aliphatic carbocycles. The number of para-hydroxylation sites is 1. The minimum atomic E-state index is 0.327. The molecule has 8 aromatic rings. The van der Waals surface area contributed by atoms with Gasteiger partial charge in [0.05, 0.1) is 46.1 Å². The first kappa shape index (κ1) is 30.4. The first-order chi connectivity index (χ1) is 25.1. The monoisotopic (exact) mass is 651 g/mol. The third-order valence-electron chi connectivity index (χ3n) is 8.76. The number of nitrogens with zero attached hydrogens (tertiary/aromatic N) is 9. The van der Waals surface area contributed by atoms with E-state index < -0.39 is 0 Å². The van der Waals surface area contributed by atoms with E-state index in [-0.39, 0.29) is 0 Å². The molecular weight excluding hydrogens is 631 g/mol. The van der Waals surface area contributed by atoms with Gasteiger partial charge in [0.2, 0.25) is 0 Å². The lowest BCUT2D eigenvalue weighted by atomic mass is 9.98. The molecular formula is C42H21N9. The fraction of sp³-hybridized carbons (Fsp3) is 0. The fourth-order valence-electron chi connectivity index (χ4n) is 6.37. The second-order valence-electron chi connectivity index (χ2n) is 11.6. The van der Waals surface area contributed by atoms with Gasteiger partial charge in [-0.2, -0.15) is 15.8 Å². The third kappa shape index (κ3) is 5.27. The van der Waals surface area contributed by atoms with Gasteiger partial charge in [0.15, 0.2) is 17.3 Å². The molecule has 0 amide bonds. The van der Waals surface area contributed by atoms with Gasteiger partial charge in [-0.3, -0.25) is 0 Å². The van der Waals surface area contributed by atoms with Crippen LogP contribution < -0.4 is 0 Å². The molecule has 3 aromatic heterocycles.